The van der Waals surface area contributed by atoms with Gasteiger partial charge in [0.2, 0.25) is 15.9 Å². The standard InChI is InChI=1S/C20H25ClN2O3S2/c1-15-7-9-17(10-8-15)14-27-12-11-22-20(24)16(2)23(28(3,25)26)19-6-4-5-18(21)13-19/h4-10,13,16H,11-12,14H2,1-3H3,(H,22,24)/t16-/m1/s1. The van der Waals surface area contributed by atoms with E-state index in [4.69, 9.17) is 11.6 Å². The summed E-state index contributed by atoms with van der Waals surface area (Å²) in [5.41, 5.74) is 2.83. The molecule has 152 valence electrons. The largest absolute Gasteiger partial charge is 0.353 e. The van der Waals surface area contributed by atoms with Crippen molar-refractivity contribution in [2.24, 2.45) is 0 Å². The molecule has 0 heterocycles. The molecule has 0 radical (unpaired) electrons. The van der Waals surface area contributed by atoms with Gasteiger partial charge < -0.3 is 5.32 Å². The Morgan fingerprint density at radius 2 is 1.89 bits per heavy atom. The predicted octanol–water partition coefficient (Wildman–Crippen LogP) is 3.85. The summed E-state index contributed by atoms with van der Waals surface area (Å²) in [5, 5.41) is 3.22. The quantitative estimate of drug-likeness (QED) is 0.601. The second-order valence-electron chi connectivity index (χ2n) is 6.54. The van der Waals surface area contributed by atoms with Gasteiger partial charge in [0.1, 0.15) is 6.04 Å². The van der Waals surface area contributed by atoms with Crippen LogP contribution < -0.4 is 9.62 Å². The van der Waals surface area contributed by atoms with Gasteiger partial charge in [0.05, 0.1) is 11.9 Å². The number of nitrogens with one attached hydrogen (secondary N) is 1. The molecule has 0 saturated heterocycles. The lowest BCUT2D eigenvalue weighted by Gasteiger charge is -2.28. The lowest BCUT2D eigenvalue weighted by molar-refractivity contribution is -0.121. The van der Waals surface area contributed by atoms with Crippen LogP contribution in [-0.4, -0.2) is 38.9 Å². The molecule has 0 bridgehead atoms. The number of sulfonamides is 1. The number of thioether (sulfide) groups is 1. The highest BCUT2D eigenvalue weighted by Crippen LogP contribution is 2.24. The van der Waals surface area contributed by atoms with Gasteiger partial charge in [-0.25, -0.2) is 8.42 Å². The first-order valence-electron chi connectivity index (χ1n) is 8.84. The Balaban J connectivity index is 1.89. The Hall–Kier alpha value is -1.70. The first-order chi connectivity index (χ1) is 13.2. The summed E-state index contributed by atoms with van der Waals surface area (Å²) in [6, 6.07) is 13.9. The number of halogens is 1. The first-order valence-corrected chi connectivity index (χ1v) is 12.2. The molecule has 0 fully saturated rings. The first kappa shape index (κ1) is 22.6. The molecule has 0 spiro atoms. The third-order valence-electron chi connectivity index (χ3n) is 4.09. The van der Waals surface area contributed by atoms with Crippen molar-refractivity contribution in [3.05, 3.63) is 64.7 Å². The van der Waals surface area contributed by atoms with Crippen LogP contribution in [0.2, 0.25) is 5.02 Å². The molecule has 5 nitrogen and oxygen atoms in total. The molecule has 1 amide bonds. The fourth-order valence-electron chi connectivity index (χ4n) is 2.69. The number of hydrogen-bond acceptors (Lipinski definition) is 4. The van der Waals surface area contributed by atoms with E-state index in [0.717, 1.165) is 22.1 Å². The Morgan fingerprint density at radius 3 is 2.50 bits per heavy atom. The summed E-state index contributed by atoms with van der Waals surface area (Å²) in [5.74, 6) is 1.26. The molecule has 1 atom stereocenters. The topological polar surface area (TPSA) is 66.5 Å². The smallest absolute Gasteiger partial charge is 0.243 e. The summed E-state index contributed by atoms with van der Waals surface area (Å²) in [6.07, 6.45) is 1.08. The van der Waals surface area contributed by atoms with E-state index in [0.29, 0.717) is 17.3 Å². The molecule has 0 aromatic heterocycles. The number of hydrogen-bond donors (Lipinski definition) is 1. The van der Waals surface area contributed by atoms with Crippen molar-refractivity contribution < 1.29 is 13.2 Å². The lowest BCUT2D eigenvalue weighted by atomic mass is 10.2. The molecule has 1 N–H and O–H groups in total. The van der Waals surface area contributed by atoms with Crippen molar-refractivity contribution in [1.29, 1.82) is 0 Å². The maximum absolute atomic E-state index is 12.5. The van der Waals surface area contributed by atoms with Crippen LogP contribution >= 0.6 is 23.4 Å². The second-order valence-corrected chi connectivity index (χ2v) is 9.94. The maximum atomic E-state index is 12.5. The van der Waals surface area contributed by atoms with Crippen molar-refractivity contribution in [1.82, 2.24) is 5.32 Å². The van der Waals surface area contributed by atoms with Crippen molar-refractivity contribution in [3.8, 4) is 0 Å². The van der Waals surface area contributed by atoms with Gasteiger partial charge in [-0.1, -0.05) is 47.5 Å². The minimum Gasteiger partial charge on any atom is -0.353 e. The van der Waals surface area contributed by atoms with Gasteiger partial charge in [-0.15, -0.1) is 0 Å². The number of anilines is 1. The Kier molecular flexibility index (Phi) is 8.22. The van der Waals surface area contributed by atoms with Crippen molar-refractivity contribution in [3.63, 3.8) is 0 Å². The van der Waals surface area contributed by atoms with Crippen LogP contribution in [0.3, 0.4) is 0 Å². The van der Waals surface area contributed by atoms with Crippen molar-refractivity contribution in [2.45, 2.75) is 25.6 Å². The van der Waals surface area contributed by atoms with Gasteiger partial charge in [0.25, 0.3) is 0 Å². The molecular formula is C20H25ClN2O3S2. The van der Waals surface area contributed by atoms with E-state index in [-0.39, 0.29) is 5.91 Å². The highest BCUT2D eigenvalue weighted by molar-refractivity contribution is 7.98. The number of amides is 1. The van der Waals surface area contributed by atoms with Crippen LogP contribution in [0.25, 0.3) is 0 Å². The predicted molar refractivity (Wildman–Crippen MR) is 119 cm³/mol. The summed E-state index contributed by atoms with van der Waals surface area (Å²) < 4.78 is 25.6. The molecule has 2 aromatic rings. The average molecular weight is 441 g/mol. The summed E-state index contributed by atoms with van der Waals surface area (Å²) in [4.78, 5) is 12.5. The molecule has 0 aliphatic carbocycles. The van der Waals surface area contributed by atoms with Crippen LogP contribution in [0, 0.1) is 6.92 Å². The molecular weight excluding hydrogens is 416 g/mol. The fourth-order valence-corrected chi connectivity index (χ4v) is 4.86. The summed E-state index contributed by atoms with van der Waals surface area (Å²) in [6.45, 7) is 4.08. The summed E-state index contributed by atoms with van der Waals surface area (Å²) in [7, 11) is -3.65. The minimum atomic E-state index is -3.65. The zero-order valence-electron chi connectivity index (χ0n) is 16.2. The van der Waals surface area contributed by atoms with E-state index in [9.17, 15) is 13.2 Å². The Bertz CT molecular complexity index is 902. The number of aryl methyl sites for hydroxylation is 1. The SMILES string of the molecule is Cc1ccc(CSCCNC(=O)[C@@H](C)N(c2cccc(Cl)c2)S(C)(=O)=O)cc1. The van der Waals surface area contributed by atoms with Gasteiger partial charge in [-0.3, -0.25) is 9.10 Å². The molecule has 28 heavy (non-hydrogen) atoms. The summed E-state index contributed by atoms with van der Waals surface area (Å²) >= 11 is 7.69. The maximum Gasteiger partial charge on any atom is 0.243 e. The van der Waals surface area contributed by atoms with E-state index < -0.39 is 16.1 Å². The molecule has 0 saturated carbocycles. The molecule has 0 aliphatic rings. The van der Waals surface area contributed by atoms with Crippen LogP contribution in [0.1, 0.15) is 18.1 Å². The van der Waals surface area contributed by atoms with Crippen LogP contribution in [0.5, 0.6) is 0 Å². The monoisotopic (exact) mass is 440 g/mol. The van der Waals surface area contributed by atoms with Crippen LogP contribution in [-0.2, 0) is 20.6 Å². The number of nitrogens with zero attached hydrogens (tertiary/aromatic N) is 1. The Morgan fingerprint density at radius 1 is 1.21 bits per heavy atom. The van der Waals surface area contributed by atoms with E-state index in [1.54, 1.807) is 36.9 Å². The molecule has 0 aliphatic heterocycles. The van der Waals surface area contributed by atoms with Gasteiger partial charge in [0, 0.05) is 23.1 Å². The highest BCUT2D eigenvalue weighted by atomic mass is 35.5. The third kappa shape index (κ3) is 6.72. The van der Waals surface area contributed by atoms with E-state index >= 15 is 0 Å². The number of carbonyl (C=O) groups is 1. The van der Waals surface area contributed by atoms with E-state index in [1.165, 1.54) is 17.2 Å². The van der Waals surface area contributed by atoms with Crippen molar-refractivity contribution in [2.75, 3.05) is 22.9 Å². The van der Waals surface area contributed by atoms with E-state index in [1.807, 2.05) is 0 Å². The molecule has 0 unspecified atom stereocenters. The molecule has 8 heteroatoms. The van der Waals surface area contributed by atoms with Gasteiger partial charge in [-0.2, -0.15) is 11.8 Å². The molecule has 2 rings (SSSR count). The minimum absolute atomic E-state index is 0.346. The second kappa shape index (κ2) is 10.2. The van der Waals surface area contributed by atoms with Gasteiger partial charge >= 0.3 is 0 Å². The van der Waals surface area contributed by atoms with Gasteiger partial charge in [-0.05, 0) is 37.6 Å². The Labute approximate surface area is 176 Å². The number of carbonyl (C=O) groups excluding carboxylic acids is 1. The number of benzene rings is 2. The average Bonchev–Trinajstić information content (AvgIpc) is 2.61. The lowest BCUT2D eigenvalue weighted by Crippen LogP contribution is -2.48. The van der Waals surface area contributed by atoms with Crippen LogP contribution in [0.4, 0.5) is 5.69 Å². The van der Waals surface area contributed by atoms with Crippen LogP contribution in [0.15, 0.2) is 48.5 Å². The molecule has 2 aromatic carbocycles. The number of rotatable bonds is 9. The normalized spacial score (nSPS) is 12.4. The van der Waals surface area contributed by atoms with Crippen molar-refractivity contribution >= 4 is 45.0 Å². The zero-order chi connectivity index (χ0) is 20.7. The highest BCUT2D eigenvalue weighted by Gasteiger charge is 2.28. The van der Waals surface area contributed by atoms with E-state index in [2.05, 4.69) is 36.5 Å². The zero-order valence-corrected chi connectivity index (χ0v) is 18.6. The fraction of sp³-hybridized carbons (Fsp3) is 0.350. The third-order valence-corrected chi connectivity index (χ3v) is 6.59. The van der Waals surface area contributed by atoms with Gasteiger partial charge in [0.15, 0.2) is 0 Å².